The number of carbonyl (C=O) groups is 2. The van der Waals surface area contributed by atoms with Crippen LogP contribution in [0.3, 0.4) is 0 Å². The fraction of sp³-hybridized carbons (Fsp3) is 0.263. The minimum Gasteiger partial charge on any atom is -0.479 e. The standard InChI is InChI=1S/C19H18F2N2O3/c1-12-19(25)23(16-7-2-3-8-17(16)26-12)11-18(24)22-10-9-13-14(20)5-4-6-15(13)21/h2-8,12H,9-11H2,1H3,(H,22,24)/t12-/m1/s1. The minimum absolute atomic E-state index is 0.0221. The van der Waals surface area contributed by atoms with Crippen molar-refractivity contribution in [2.75, 3.05) is 18.0 Å². The van der Waals surface area contributed by atoms with E-state index in [1.165, 1.54) is 23.1 Å². The predicted octanol–water partition coefficient (Wildman–Crippen LogP) is 2.44. The lowest BCUT2D eigenvalue weighted by Crippen LogP contribution is -2.49. The number of fused-ring (bicyclic) bond motifs is 1. The highest BCUT2D eigenvalue weighted by molar-refractivity contribution is 6.03. The molecule has 2 aromatic rings. The summed E-state index contributed by atoms with van der Waals surface area (Å²) in [5, 5.41) is 2.59. The number of hydrogen-bond acceptors (Lipinski definition) is 3. The minimum atomic E-state index is -0.690. The molecule has 0 fully saturated rings. The normalized spacial score (nSPS) is 16.0. The van der Waals surface area contributed by atoms with Crippen LogP contribution in [0.5, 0.6) is 5.75 Å². The second-order valence-electron chi connectivity index (χ2n) is 5.95. The van der Waals surface area contributed by atoms with E-state index >= 15 is 0 Å². The molecule has 3 rings (SSSR count). The van der Waals surface area contributed by atoms with Gasteiger partial charge in [-0.15, -0.1) is 0 Å². The molecule has 136 valence electrons. The summed E-state index contributed by atoms with van der Waals surface area (Å²) in [7, 11) is 0. The first-order chi connectivity index (χ1) is 12.5. The first kappa shape index (κ1) is 17.8. The predicted molar refractivity (Wildman–Crippen MR) is 92.0 cm³/mol. The van der Waals surface area contributed by atoms with E-state index < -0.39 is 23.6 Å². The van der Waals surface area contributed by atoms with Crippen LogP contribution in [0.15, 0.2) is 42.5 Å². The molecule has 0 aromatic heterocycles. The zero-order valence-electron chi connectivity index (χ0n) is 14.2. The second-order valence-corrected chi connectivity index (χ2v) is 5.95. The third-order valence-electron chi connectivity index (χ3n) is 4.13. The smallest absolute Gasteiger partial charge is 0.268 e. The Hall–Kier alpha value is -2.96. The average Bonchev–Trinajstić information content (AvgIpc) is 2.61. The third kappa shape index (κ3) is 3.66. The molecule has 26 heavy (non-hydrogen) atoms. The van der Waals surface area contributed by atoms with Gasteiger partial charge in [0.05, 0.1) is 5.69 Å². The highest BCUT2D eigenvalue weighted by atomic mass is 19.1. The molecule has 1 aliphatic heterocycles. The monoisotopic (exact) mass is 360 g/mol. The van der Waals surface area contributed by atoms with Crippen molar-refractivity contribution < 1.29 is 23.1 Å². The average molecular weight is 360 g/mol. The van der Waals surface area contributed by atoms with Crippen LogP contribution in [0, 0.1) is 11.6 Å². The maximum absolute atomic E-state index is 13.6. The molecule has 0 radical (unpaired) electrons. The molecule has 1 heterocycles. The van der Waals surface area contributed by atoms with Crippen LogP contribution >= 0.6 is 0 Å². The van der Waals surface area contributed by atoms with Gasteiger partial charge in [-0.2, -0.15) is 0 Å². The number of nitrogens with zero attached hydrogens (tertiary/aromatic N) is 1. The van der Waals surface area contributed by atoms with Gasteiger partial charge in [0.1, 0.15) is 23.9 Å². The van der Waals surface area contributed by atoms with Gasteiger partial charge in [-0.1, -0.05) is 18.2 Å². The Kier molecular flexibility index (Phi) is 5.16. The number of rotatable bonds is 5. The molecular weight excluding hydrogens is 342 g/mol. The van der Waals surface area contributed by atoms with Crippen LogP contribution in [-0.4, -0.2) is 31.0 Å². The number of hydrogen-bond donors (Lipinski definition) is 1. The summed E-state index contributed by atoms with van der Waals surface area (Å²) in [6, 6.07) is 10.6. The van der Waals surface area contributed by atoms with Gasteiger partial charge >= 0.3 is 0 Å². The van der Waals surface area contributed by atoms with E-state index in [0.717, 1.165) is 0 Å². The van der Waals surface area contributed by atoms with Crippen LogP contribution in [0.1, 0.15) is 12.5 Å². The van der Waals surface area contributed by atoms with Crippen molar-refractivity contribution in [3.63, 3.8) is 0 Å². The summed E-state index contributed by atoms with van der Waals surface area (Å²) in [5.74, 6) is -1.51. The Labute approximate surface area is 149 Å². The summed E-state index contributed by atoms with van der Waals surface area (Å²) in [6.45, 7) is 1.49. The van der Waals surface area contributed by atoms with E-state index in [2.05, 4.69) is 5.32 Å². The van der Waals surface area contributed by atoms with Gasteiger partial charge in [-0.3, -0.25) is 14.5 Å². The number of para-hydroxylation sites is 2. The number of anilines is 1. The lowest BCUT2D eigenvalue weighted by Gasteiger charge is -2.32. The van der Waals surface area contributed by atoms with Crippen LogP contribution in [0.2, 0.25) is 0 Å². The van der Waals surface area contributed by atoms with Gasteiger partial charge in [0.25, 0.3) is 5.91 Å². The molecule has 0 unspecified atom stereocenters. The highest BCUT2D eigenvalue weighted by Gasteiger charge is 2.32. The van der Waals surface area contributed by atoms with E-state index in [0.29, 0.717) is 11.4 Å². The molecule has 7 heteroatoms. The lowest BCUT2D eigenvalue weighted by atomic mass is 10.1. The van der Waals surface area contributed by atoms with Gasteiger partial charge in [-0.05, 0) is 37.6 Å². The van der Waals surface area contributed by atoms with Crippen molar-refractivity contribution in [2.24, 2.45) is 0 Å². The molecule has 0 bridgehead atoms. The van der Waals surface area contributed by atoms with Crippen LogP contribution in [0.25, 0.3) is 0 Å². The molecule has 1 atom stereocenters. The molecule has 1 aliphatic rings. The summed E-state index contributed by atoms with van der Waals surface area (Å²) < 4.78 is 32.7. The summed E-state index contributed by atoms with van der Waals surface area (Å²) in [6.07, 6.45) is -0.668. The molecule has 0 aliphatic carbocycles. The van der Waals surface area contributed by atoms with Crippen molar-refractivity contribution in [1.29, 1.82) is 0 Å². The number of nitrogens with one attached hydrogen (secondary N) is 1. The molecule has 5 nitrogen and oxygen atoms in total. The SMILES string of the molecule is C[C@H]1Oc2ccccc2N(CC(=O)NCCc2c(F)cccc2F)C1=O. The van der Waals surface area contributed by atoms with E-state index in [1.807, 2.05) is 0 Å². The number of carbonyl (C=O) groups excluding carboxylic acids is 2. The Balaban J connectivity index is 1.62. The topological polar surface area (TPSA) is 58.6 Å². The largest absolute Gasteiger partial charge is 0.479 e. The molecule has 0 spiro atoms. The number of benzene rings is 2. The number of amides is 2. The van der Waals surface area contributed by atoms with Crippen LogP contribution in [0.4, 0.5) is 14.5 Å². The van der Waals surface area contributed by atoms with E-state index in [-0.39, 0.29) is 31.0 Å². The van der Waals surface area contributed by atoms with Gasteiger partial charge in [0, 0.05) is 12.1 Å². The Morgan fingerprint density at radius 2 is 1.85 bits per heavy atom. The highest BCUT2D eigenvalue weighted by Crippen LogP contribution is 2.33. The molecule has 2 aromatic carbocycles. The number of halogens is 2. The van der Waals surface area contributed by atoms with Gasteiger partial charge < -0.3 is 10.1 Å². The van der Waals surface area contributed by atoms with Crippen molar-refractivity contribution in [3.8, 4) is 5.75 Å². The number of ether oxygens (including phenoxy) is 1. The first-order valence-electron chi connectivity index (χ1n) is 8.24. The third-order valence-corrected chi connectivity index (χ3v) is 4.13. The van der Waals surface area contributed by atoms with E-state index in [4.69, 9.17) is 4.74 Å². The van der Waals surface area contributed by atoms with Gasteiger partial charge in [0.2, 0.25) is 5.91 Å². The van der Waals surface area contributed by atoms with Crippen molar-refractivity contribution >= 4 is 17.5 Å². The second kappa shape index (κ2) is 7.51. The quantitative estimate of drug-likeness (QED) is 0.891. The molecule has 0 saturated carbocycles. The Morgan fingerprint density at radius 3 is 2.58 bits per heavy atom. The Bertz CT molecular complexity index is 821. The van der Waals surface area contributed by atoms with E-state index in [9.17, 15) is 18.4 Å². The maximum atomic E-state index is 13.6. The zero-order chi connectivity index (χ0) is 18.7. The van der Waals surface area contributed by atoms with Gasteiger partial charge in [-0.25, -0.2) is 8.78 Å². The van der Waals surface area contributed by atoms with Gasteiger partial charge in [0.15, 0.2) is 6.10 Å². The maximum Gasteiger partial charge on any atom is 0.268 e. The first-order valence-corrected chi connectivity index (χ1v) is 8.24. The zero-order valence-corrected chi connectivity index (χ0v) is 14.2. The fourth-order valence-corrected chi connectivity index (χ4v) is 2.82. The van der Waals surface area contributed by atoms with Crippen molar-refractivity contribution in [1.82, 2.24) is 5.32 Å². The molecule has 2 amide bonds. The Morgan fingerprint density at radius 1 is 1.15 bits per heavy atom. The lowest BCUT2D eigenvalue weighted by molar-refractivity contribution is -0.128. The van der Waals surface area contributed by atoms with Crippen LogP contribution in [-0.2, 0) is 16.0 Å². The molecular formula is C19H18F2N2O3. The summed E-state index contributed by atoms with van der Waals surface area (Å²) in [4.78, 5) is 25.9. The van der Waals surface area contributed by atoms with Crippen molar-refractivity contribution in [2.45, 2.75) is 19.4 Å². The summed E-state index contributed by atoms with van der Waals surface area (Å²) in [5.41, 5.74) is 0.445. The van der Waals surface area contributed by atoms with Crippen molar-refractivity contribution in [3.05, 3.63) is 59.7 Å². The molecule has 1 N–H and O–H groups in total. The molecule has 0 saturated heterocycles. The van der Waals surface area contributed by atoms with E-state index in [1.54, 1.807) is 31.2 Å². The summed E-state index contributed by atoms with van der Waals surface area (Å²) >= 11 is 0. The fourth-order valence-electron chi connectivity index (χ4n) is 2.82. The van der Waals surface area contributed by atoms with Crippen LogP contribution < -0.4 is 15.0 Å².